The Hall–Kier alpha value is -2.51. The maximum atomic E-state index is 12.7. The number of nitrogens with one attached hydrogen (secondary N) is 1. The zero-order valence-corrected chi connectivity index (χ0v) is 16.0. The predicted octanol–water partition coefficient (Wildman–Crippen LogP) is 4.94. The minimum absolute atomic E-state index is 0.372. The van der Waals surface area contributed by atoms with Crippen LogP contribution in [0.5, 0.6) is 0 Å². The smallest absolute Gasteiger partial charge is 0.393 e. The Morgan fingerprint density at radius 1 is 1.00 bits per heavy atom. The van der Waals surface area contributed by atoms with Crippen LogP contribution in [0.4, 0.5) is 36.2 Å². The molecule has 0 aliphatic carbocycles. The van der Waals surface area contributed by atoms with Crippen LogP contribution in [0.15, 0.2) is 30.6 Å². The highest BCUT2D eigenvalue weighted by atomic mass is 19.4. The topological polar surface area (TPSA) is 67.1 Å². The molecule has 8 heteroatoms. The van der Waals surface area contributed by atoms with Crippen molar-refractivity contribution < 1.29 is 13.2 Å². The summed E-state index contributed by atoms with van der Waals surface area (Å²) in [4.78, 5) is 10.6. The van der Waals surface area contributed by atoms with Gasteiger partial charge in [0.15, 0.2) is 11.6 Å². The number of nitrogens with two attached hydrogens (primary N) is 1. The molecule has 0 atom stereocenters. The second-order valence-corrected chi connectivity index (χ2v) is 7.35. The molecule has 5 nitrogen and oxygen atoms in total. The van der Waals surface area contributed by atoms with Crippen LogP contribution < -0.4 is 16.0 Å². The van der Waals surface area contributed by atoms with E-state index in [4.69, 9.17) is 5.73 Å². The number of benzene rings is 1. The molecule has 0 spiro atoms. The molecular formula is C19H26F3N5. The van der Waals surface area contributed by atoms with Crippen LogP contribution in [0.1, 0.15) is 33.3 Å². The summed E-state index contributed by atoms with van der Waals surface area (Å²) in [6, 6.07) is 4.74. The zero-order valence-electron chi connectivity index (χ0n) is 16.0. The van der Waals surface area contributed by atoms with Gasteiger partial charge in [-0.3, -0.25) is 0 Å². The number of hydrogen-bond donors (Lipinski definition) is 2. The molecule has 0 aliphatic heterocycles. The first-order chi connectivity index (χ1) is 12.6. The molecule has 2 aromatic rings. The van der Waals surface area contributed by atoms with Crippen LogP contribution in [0, 0.1) is 11.8 Å². The van der Waals surface area contributed by atoms with Crippen molar-refractivity contribution in [2.24, 2.45) is 11.8 Å². The highest BCUT2D eigenvalue weighted by Crippen LogP contribution is 2.32. The Bertz CT molecular complexity index is 732. The van der Waals surface area contributed by atoms with Gasteiger partial charge in [-0.25, -0.2) is 9.97 Å². The Labute approximate surface area is 157 Å². The van der Waals surface area contributed by atoms with Gasteiger partial charge in [-0.15, -0.1) is 0 Å². The van der Waals surface area contributed by atoms with Crippen LogP contribution in [-0.4, -0.2) is 23.1 Å². The molecule has 1 aromatic heterocycles. The fourth-order valence-electron chi connectivity index (χ4n) is 2.75. The highest BCUT2D eigenvalue weighted by molar-refractivity contribution is 5.78. The third-order valence-corrected chi connectivity index (χ3v) is 3.81. The molecule has 27 heavy (non-hydrogen) atoms. The monoisotopic (exact) mass is 381 g/mol. The average molecular weight is 381 g/mol. The van der Waals surface area contributed by atoms with Crippen molar-refractivity contribution in [3.63, 3.8) is 0 Å². The van der Waals surface area contributed by atoms with E-state index < -0.39 is 11.7 Å². The van der Waals surface area contributed by atoms with Crippen molar-refractivity contribution in [3.8, 4) is 0 Å². The standard InChI is InChI=1S/C19H26F3N5/c1-12(2)9-27(10-13(3)4)18-16(23)17(24-11-25-18)26-15-7-5-14(6-8-15)19(20,21)22/h5-8,11-13H,9-10,23H2,1-4H3,(H,24,25,26). The van der Waals surface area contributed by atoms with E-state index in [0.717, 1.165) is 25.2 Å². The Balaban J connectivity index is 2.27. The molecule has 0 amide bonds. The zero-order chi connectivity index (χ0) is 20.2. The summed E-state index contributed by atoms with van der Waals surface area (Å²) in [7, 11) is 0. The lowest BCUT2D eigenvalue weighted by atomic mass is 10.1. The van der Waals surface area contributed by atoms with E-state index in [9.17, 15) is 13.2 Å². The van der Waals surface area contributed by atoms with Gasteiger partial charge in [0.1, 0.15) is 12.0 Å². The highest BCUT2D eigenvalue weighted by Gasteiger charge is 2.30. The first-order valence-corrected chi connectivity index (χ1v) is 8.87. The number of nitrogens with zero attached hydrogens (tertiary/aromatic N) is 3. The largest absolute Gasteiger partial charge is 0.416 e. The number of aromatic nitrogens is 2. The molecule has 0 fully saturated rings. The Morgan fingerprint density at radius 3 is 2.04 bits per heavy atom. The summed E-state index contributed by atoms with van der Waals surface area (Å²) >= 11 is 0. The van der Waals surface area contributed by atoms with E-state index in [1.807, 2.05) is 0 Å². The summed E-state index contributed by atoms with van der Waals surface area (Å²) < 4.78 is 38.1. The lowest BCUT2D eigenvalue weighted by Gasteiger charge is -2.28. The van der Waals surface area contributed by atoms with Gasteiger partial charge in [0.2, 0.25) is 0 Å². The SMILES string of the molecule is CC(C)CN(CC(C)C)c1ncnc(Nc2ccc(C(F)(F)F)cc2)c1N. The van der Waals surface area contributed by atoms with Gasteiger partial charge in [-0.1, -0.05) is 27.7 Å². The van der Waals surface area contributed by atoms with Crippen molar-refractivity contribution >= 4 is 23.0 Å². The van der Waals surface area contributed by atoms with Crippen LogP contribution in [0.25, 0.3) is 0 Å². The van der Waals surface area contributed by atoms with Gasteiger partial charge in [-0.05, 0) is 36.1 Å². The summed E-state index contributed by atoms with van der Waals surface area (Å²) in [6.07, 6.45) is -2.96. The van der Waals surface area contributed by atoms with Crippen molar-refractivity contribution in [3.05, 3.63) is 36.2 Å². The minimum atomic E-state index is -4.37. The van der Waals surface area contributed by atoms with Crippen molar-refractivity contribution in [1.82, 2.24) is 9.97 Å². The first kappa shape index (κ1) is 20.8. The number of alkyl halides is 3. The summed E-state index contributed by atoms with van der Waals surface area (Å²) in [5.41, 5.74) is 6.41. The lowest BCUT2D eigenvalue weighted by Crippen LogP contribution is -2.32. The molecule has 0 radical (unpaired) electrons. The third kappa shape index (κ3) is 5.74. The molecular weight excluding hydrogens is 355 g/mol. The lowest BCUT2D eigenvalue weighted by molar-refractivity contribution is -0.137. The fourth-order valence-corrected chi connectivity index (χ4v) is 2.75. The quantitative estimate of drug-likeness (QED) is 0.711. The minimum Gasteiger partial charge on any atom is -0.393 e. The van der Waals surface area contributed by atoms with Gasteiger partial charge in [0, 0.05) is 18.8 Å². The number of hydrogen-bond acceptors (Lipinski definition) is 5. The van der Waals surface area contributed by atoms with Gasteiger partial charge < -0.3 is 16.0 Å². The van der Waals surface area contributed by atoms with Crippen molar-refractivity contribution in [2.75, 3.05) is 29.0 Å². The van der Waals surface area contributed by atoms with E-state index in [-0.39, 0.29) is 0 Å². The second kappa shape index (κ2) is 8.45. The van der Waals surface area contributed by atoms with Gasteiger partial charge in [-0.2, -0.15) is 13.2 Å². The number of anilines is 4. The summed E-state index contributed by atoms with van der Waals surface area (Å²) in [6.45, 7) is 10.1. The number of halogens is 3. The summed E-state index contributed by atoms with van der Waals surface area (Å²) in [5.74, 6) is 1.84. The van der Waals surface area contributed by atoms with Gasteiger partial charge in [0.25, 0.3) is 0 Å². The van der Waals surface area contributed by atoms with Crippen LogP contribution in [0.2, 0.25) is 0 Å². The Morgan fingerprint density at radius 2 is 1.56 bits per heavy atom. The predicted molar refractivity (Wildman–Crippen MR) is 103 cm³/mol. The van der Waals surface area contributed by atoms with Gasteiger partial charge >= 0.3 is 6.18 Å². The number of nitrogen functional groups attached to an aromatic ring is 1. The molecule has 3 N–H and O–H groups in total. The maximum Gasteiger partial charge on any atom is 0.416 e. The van der Waals surface area contributed by atoms with Gasteiger partial charge in [0.05, 0.1) is 5.56 Å². The van der Waals surface area contributed by atoms with Crippen LogP contribution >= 0.6 is 0 Å². The van der Waals surface area contributed by atoms with E-state index in [1.54, 1.807) is 0 Å². The second-order valence-electron chi connectivity index (χ2n) is 7.35. The first-order valence-electron chi connectivity index (χ1n) is 8.87. The summed E-state index contributed by atoms with van der Waals surface area (Å²) in [5, 5.41) is 2.98. The molecule has 0 bridgehead atoms. The third-order valence-electron chi connectivity index (χ3n) is 3.81. The van der Waals surface area contributed by atoms with E-state index in [1.165, 1.54) is 18.5 Å². The maximum absolute atomic E-state index is 12.7. The van der Waals surface area contributed by atoms with E-state index in [0.29, 0.717) is 34.8 Å². The van der Waals surface area contributed by atoms with Crippen LogP contribution in [-0.2, 0) is 6.18 Å². The molecule has 1 heterocycles. The molecule has 0 saturated heterocycles. The van der Waals surface area contributed by atoms with Crippen molar-refractivity contribution in [1.29, 1.82) is 0 Å². The molecule has 148 valence electrons. The normalized spacial score (nSPS) is 11.9. The number of rotatable bonds is 7. The fraction of sp³-hybridized carbons (Fsp3) is 0.474. The average Bonchev–Trinajstić information content (AvgIpc) is 2.55. The van der Waals surface area contributed by atoms with Crippen molar-refractivity contribution in [2.45, 2.75) is 33.9 Å². The van der Waals surface area contributed by atoms with Crippen LogP contribution in [0.3, 0.4) is 0 Å². The van der Waals surface area contributed by atoms with E-state index in [2.05, 4.69) is 47.9 Å². The van der Waals surface area contributed by atoms with E-state index >= 15 is 0 Å². The molecule has 1 aromatic carbocycles. The molecule has 0 saturated carbocycles. The molecule has 0 unspecified atom stereocenters. The molecule has 0 aliphatic rings. The Kier molecular flexibility index (Phi) is 6.51. The molecule has 2 rings (SSSR count).